The van der Waals surface area contributed by atoms with Crippen LogP contribution in [0.5, 0.6) is 0 Å². The lowest BCUT2D eigenvalue weighted by atomic mass is 10.2. The second kappa shape index (κ2) is 9.87. The van der Waals surface area contributed by atoms with Gasteiger partial charge in [0.05, 0.1) is 11.6 Å². The van der Waals surface area contributed by atoms with Crippen molar-refractivity contribution < 1.29 is 4.42 Å². The molecule has 0 aliphatic carbocycles. The molecule has 3 rings (SSSR count). The maximum absolute atomic E-state index is 5.57. The fourth-order valence-electron chi connectivity index (χ4n) is 2.51. The Bertz CT molecular complexity index is 856. The van der Waals surface area contributed by atoms with Crippen LogP contribution in [0.2, 0.25) is 0 Å². The molecule has 27 heavy (non-hydrogen) atoms. The van der Waals surface area contributed by atoms with Gasteiger partial charge >= 0.3 is 0 Å². The maximum atomic E-state index is 5.57. The van der Waals surface area contributed by atoms with Crippen molar-refractivity contribution in [2.45, 2.75) is 33.2 Å². The Hall–Kier alpha value is -2.67. The molecule has 3 aromatic rings. The highest BCUT2D eigenvalue weighted by Crippen LogP contribution is 2.18. The van der Waals surface area contributed by atoms with Crippen LogP contribution in [0.4, 0.5) is 0 Å². The van der Waals surface area contributed by atoms with Gasteiger partial charge in [-0.05, 0) is 25.5 Å². The summed E-state index contributed by atoms with van der Waals surface area (Å²) in [6.45, 7) is 6.25. The van der Waals surface area contributed by atoms with Gasteiger partial charge < -0.3 is 15.1 Å². The zero-order chi connectivity index (χ0) is 18.9. The van der Waals surface area contributed by atoms with Gasteiger partial charge in [-0.3, -0.25) is 0 Å². The van der Waals surface area contributed by atoms with Crippen LogP contribution < -0.4 is 10.6 Å². The second-order valence-corrected chi connectivity index (χ2v) is 7.16. The Balaban J connectivity index is 1.54. The zero-order valence-electron chi connectivity index (χ0n) is 15.7. The van der Waals surface area contributed by atoms with Crippen LogP contribution in [0.1, 0.15) is 29.4 Å². The highest BCUT2D eigenvalue weighted by atomic mass is 32.1. The van der Waals surface area contributed by atoms with Crippen molar-refractivity contribution in [2.24, 2.45) is 4.99 Å². The fourth-order valence-corrected chi connectivity index (χ4v) is 3.37. The summed E-state index contributed by atoms with van der Waals surface area (Å²) in [5.74, 6) is 1.39. The molecule has 0 aliphatic heterocycles. The molecule has 142 valence electrons. The number of rotatable bonds is 8. The molecule has 0 saturated carbocycles. The topological polar surface area (TPSA) is 75.3 Å². The van der Waals surface area contributed by atoms with E-state index in [4.69, 9.17) is 4.42 Å². The van der Waals surface area contributed by atoms with Crippen molar-refractivity contribution >= 4 is 17.3 Å². The Morgan fingerprint density at radius 3 is 2.78 bits per heavy atom. The number of aryl methyl sites for hydroxylation is 1. The van der Waals surface area contributed by atoms with E-state index in [0.717, 1.165) is 48.2 Å². The molecule has 0 bridgehead atoms. The summed E-state index contributed by atoms with van der Waals surface area (Å²) in [5.41, 5.74) is 1.77. The van der Waals surface area contributed by atoms with Gasteiger partial charge in [0.15, 0.2) is 5.96 Å². The van der Waals surface area contributed by atoms with Crippen LogP contribution in [-0.4, -0.2) is 29.0 Å². The van der Waals surface area contributed by atoms with E-state index in [2.05, 4.69) is 39.4 Å². The van der Waals surface area contributed by atoms with Crippen LogP contribution in [-0.2, 0) is 19.4 Å². The first kappa shape index (κ1) is 19.1. The van der Waals surface area contributed by atoms with E-state index in [1.807, 2.05) is 36.5 Å². The average molecular weight is 384 g/mol. The molecule has 0 fully saturated rings. The van der Waals surface area contributed by atoms with Crippen molar-refractivity contribution in [3.63, 3.8) is 0 Å². The molecule has 0 unspecified atom stereocenters. The third-order valence-corrected chi connectivity index (χ3v) is 5.10. The van der Waals surface area contributed by atoms with E-state index in [0.29, 0.717) is 12.4 Å². The van der Waals surface area contributed by atoms with Crippen LogP contribution >= 0.6 is 11.3 Å². The van der Waals surface area contributed by atoms with Gasteiger partial charge in [-0.15, -0.1) is 11.3 Å². The second-order valence-electron chi connectivity index (χ2n) is 5.96. The summed E-state index contributed by atoms with van der Waals surface area (Å²) < 4.78 is 5.57. The number of benzene rings is 1. The normalized spacial score (nSPS) is 11.6. The average Bonchev–Trinajstić information content (AvgIpc) is 3.36. The van der Waals surface area contributed by atoms with Crippen LogP contribution in [0.3, 0.4) is 0 Å². The number of aromatic nitrogens is 2. The molecular formula is C20H25N5OS. The number of hydrogen-bond donors (Lipinski definition) is 2. The number of nitrogens with one attached hydrogen (secondary N) is 2. The molecular weight excluding hydrogens is 358 g/mol. The van der Waals surface area contributed by atoms with E-state index in [9.17, 15) is 0 Å². The highest BCUT2D eigenvalue weighted by Gasteiger charge is 2.06. The maximum Gasteiger partial charge on any atom is 0.226 e. The molecule has 0 amide bonds. The predicted octanol–water partition coefficient (Wildman–Crippen LogP) is 3.66. The third-order valence-electron chi connectivity index (χ3n) is 3.90. The van der Waals surface area contributed by atoms with Crippen molar-refractivity contribution in [3.05, 3.63) is 58.4 Å². The fraction of sp³-hybridized carbons (Fsp3) is 0.350. The number of guanidine groups is 1. The number of hydrogen-bond acceptors (Lipinski definition) is 5. The van der Waals surface area contributed by atoms with Gasteiger partial charge in [-0.25, -0.2) is 15.0 Å². The van der Waals surface area contributed by atoms with Gasteiger partial charge in [0.25, 0.3) is 0 Å². The van der Waals surface area contributed by atoms with E-state index >= 15 is 0 Å². The van der Waals surface area contributed by atoms with Crippen LogP contribution in [0.15, 0.2) is 52.2 Å². The lowest BCUT2D eigenvalue weighted by molar-refractivity contribution is 0.572. The van der Waals surface area contributed by atoms with E-state index in [1.165, 1.54) is 4.88 Å². The Morgan fingerprint density at radius 1 is 1.19 bits per heavy atom. The smallest absolute Gasteiger partial charge is 0.226 e. The molecule has 0 atom stereocenters. The Morgan fingerprint density at radius 2 is 2.04 bits per heavy atom. The van der Waals surface area contributed by atoms with Crippen molar-refractivity contribution in [1.29, 1.82) is 0 Å². The standard InChI is InChI=1S/C20H25N5OS/c1-3-17-13-23-18(27-17)10-11-22-20(21-4-2)24-12-16-14-26-19(25-16)15-8-6-5-7-9-15/h5-9,13-14H,3-4,10-12H2,1-2H3,(H2,21,22,24). The van der Waals surface area contributed by atoms with Crippen molar-refractivity contribution in [3.8, 4) is 11.5 Å². The number of oxazole rings is 1. The van der Waals surface area contributed by atoms with Crippen molar-refractivity contribution in [2.75, 3.05) is 13.1 Å². The van der Waals surface area contributed by atoms with Gasteiger partial charge in [0.1, 0.15) is 12.0 Å². The van der Waals surface area contributed by atoms with Crippen LogP contribution in [0.25, 0.3) is 11.5 Å². The number of aliphatic imine (C=N–C) groups is 1. The first-order valence-corrected chi connectivity index (χ1v) is 10.1. The monoisotopic (exact) mass is 383 g/mol. The first-order chi connectivity index (χ1) is 13.3. The summed E-state index contributed by atoms with van der Waals surface area (Å²) >= 11 is 1.77. The molecule has 1 aromatic carbocycles. The molecule has 7 heteroatoms. The Labute approximate surface area is 163 Å². The SMILES string of the molecule is CCNC(=NCc1coc(-c2ccccc2)n1)NCCc1ncc(CC)s1. The van der Waals surface area contributed by atoms with Gasteiger partial charge in [0, 0.05) is 36.1 Å². The lowest BCUT2D eigenvalue weighted by Gasteiger charge is -2.10. The van der Waals surface area contributed by atoms with E-state index in [1.54, 1.807) is 17.6 Å². The molecule has 2 heterocycles. The van der Waals surface area contributed by atoms with Crippen molar-refractivity contribution in [1.82, 2.24) is 20.6 Å². The summed E-state index contributed by atoms with van der Waals surface area (Å²) in [7, 11) is 0. The molecule has 0 radical (unpaired) electrons. The summed E-state index contributed by atoms with van der Waals surface area (Å²) in [6, 6.07) is 9.87. The molecule has 0 spiro atoms. The Kier molecular flexibility index (Phi) is 6.98. The minimum absolute atomic E-state index is 0.461. The number of thiazole rings is 1. The minimum atomic E-state index is 0.461. The predicted molar refractivity (Wildman–Crippen MR) is 110 cm³/mol. The highest BCUT2D eigenvalue weighted by molar-refractivity contribution is 7.11. The summed E-state index contributed by atoms with van der Waals surface area (Å²) in [6.07, 6.45) is 5.56. The van der Waals surface area contributed by atoms with E-state index < -0.39 is 0 Å². The van der Waals surface area contributed by atoms with Crippen LogP contribution in [0, 0.1) is 0 Å². The molecule has 0 saturated heterocycles. The van der Waals surface area contributed by atoms with Gasteiger partial charge in [-0.1, -0.05) is 25.1 Å². The molecule has 6 nitrogen and oxygen atoms in total. The van der Waals surface area contributed by atoms with E-state index in [-0.39, 0.29) is 0 Å². The van der Waals surface area contributed by atoms with Gasteiger partial charge in [0.2, 0.25) is 5.89 Å². The quantitative estimate of drug-likeness (QED) is 0.459. The zero-order valence-corrected chi connectivity index (χ0v) is 16.6. The number of nitrogens with zero attached hydrogens (tertiary/aromatic N) is 3. The first-order valence-electron chi connectivity index (χ1n) is 9.24. The molecule has 2 aromatic heterocycles. The molecule has 0 aliphatic rings. The largest absolute Gasteiger partial charge is 0.444 e. The lowest BCUT2D eigenvalue weighted by Crippen LogP contribution is -2.38. The summed E-state index contributed by atoms with van der Waals surface area (Å²) in [4.78, 5) is 14.9. The summed E-state index contributed by atoms with van der Waals surface area (Å²) in [5, 5.41) is 7.76. The molecule has 2 N–H and O–H groups in total. The third kappa shape index (κ3) is 5.65. The minimum Gasteiger partial charge on any atom is -0.444 e. The van der Waals surface area contributed by atoms with Gasteiger partial charge in [-0.2, -0.15) is 0 Å².